The van der Waals surface area contributed by atoms with E-state index >= 15 is 0 Å². The summed E-state index contributed by atoms with van der Waals surface area (Å²) in [4.78, 5) is 23.4. The predicted octanol–water partition coefficient (Wildman–Crippen LogP) is 2.07. The van der Waals surface area contributed by atoms with E-state index < -0.39 is 11.9 Å². The van der Waals surface area contributed by atoms with Crippen molar-refractivity contribution in [2.45, 2.75) is 11.3 Å². The molecule has 1 fully saturated rings. The molecule has 1 amide bonds. The van der Waals surface area contributed by atoms with Gasteiger partial charge in [0, 0.05) is 10.6 Å². The number of rotatable bonds is 4. The molecule has 5 heteroatoms. The van der Waals surface area contributed by atoms with Crippen molar-refractivity contribution in [3.8, 4) is 0 Å². The van der Waals surface area contributed by atoms with Crippen molar-refractivity contribution in [2.24, 2.45) is 11.8 Å². The number of carbonyl (C=O) groups is 2. The number of hydrogen-bond acceptors (Lipinski definition) is 3. The van der Waals surface area contributed by atoms with E-state index in [2.05, 4.69) is 5.32 Å². The lowest BCUT2D eigenvalue weighted by Crippen LogP contribution is -2.16. The van der Waals surface area contributed by atoms with Crippen molar-refractivity contribution in [3.63, 3.8) is 0 Å². The number of amides is 1. The van der Waals surface area contributed by atoms with Crippen LogP contribution in [-0.2, 0) is 9.59 Å². The fourth-order valence-electron chi connectivity index (χ4n) is 1.69. The predicted molar refractivity (Wildman–Crippen MR) is 66.1 cm³/mol. The maximum atomic E-state index is 11.7. The van der Waals surface area contributed by atoms with Gasteiger partial charge in [-0.05, 0) is 30.9 Å². The van der Waals surface area contributed by atoms with Gasteiger partial charge in [0.05, 0.1) is 11.8 Å². The van der Waals surface area contributed by atoms with Crippen LogP contribution in [0.5, 0.6) is 0 Å². The van der Waals surface area contributed by atoms with Crippen LogP contribution in [0.3, 0.4) is 0 Å². The molecule has 0 aliphatic heterocycles. The molecule has 0 saturated heterocycles. The van der Waals surface area contributed by atoms with E-state index in [1.54, 1.807) is 17.8 Å². The van der Waals surface area contributed by atoms with E-state index in [9.17, 15) is 9.59 Å². The largest absolute Gasteiger partial charge is 0.481 e. The van der Waals surface area contributed by atoms with Crippen LogP contribution in [0.4, 0.5) is 5.69 Å². The molecule has 1 aromatic carbocycles. The Bertz CT molecular complexity index is 461. The number of anilines is 1. The molecule has 1 aliphatic rings. The number of nitrogens with one attached hydrogen (secondary N) is 1. The van der Waals surface area contributed by atoms with E-state index in [0.29, 0.717) is 6.42 Å². The standard InChI is InChI=1S/C12H13NO3S/c1-17-8-4-2-3-7(5-8)13-11(14)9-6-10(9)12(15)16/h2-5,9-10H,6H2,1H3,(H,13,14)(H,15,16)/t9-,10+/m1/s1. The molecule has 2 N–H and O–H groups in total. The summed E-state index contributed by atoms with van der Waals surface area (Å²) in [5.41, 5.74) is 0.720. The molecule has 4 nitrogen and oxygen atoms in total. The molecule has 0 spiro atoms. The lowest BCUT2D eigenvalue weighted by atomic mass is 10.2. The van der Waals surface area contributed by atoms with Crippen LogP contribution < -0.4 is 5.32 Å². The lowest BCUT2D eigenvalue weighted by molar-refractivity contribution is -0.139. The highest BCUT2D eigenvalue weighted by Gasteiger charge is 2.48. The Morgan fingerprint density at radius 1 is 1.41 bits per heavy atom. The second kappa shape index (κ2) is 4.79. The molecule has 0 heterocycles. The zero-order valence-electron chi connectivity index (χ0n) is 9.34. The fraction of sp³-hybridized carbons (Fsp3) is 0.333. The summed E-state index contributed by atoms with van der Waals surface area (Å²) in [6, 6.07) is 7.50. The normalized spacial score (nSPS) is 21.9. The number of carbonyl (C=O) groups excluding carboxylic acids is 1. The first kappa shape index (κ1) is 12.0. The minimum atomic E-state index is -0.886. The smallest absolute Gasteiger partial charge is 0.307 e. The molecule has 1 aliphatic carbocycles. The van der Waals surface area contributed by atoms with Gasteiger partial charge in [0.25, 0.3) is 0 Å². The van der Waals surface area contributed by atoms with Gasteiger partial charge < -0.3 is 10.4 Å². The van der Waals surface area contributed by atoms with Crippen LogP contribution in [0.15, 0.2) is 29.2 Å². The van der Waals surface area contributed by atoms with E-state index in [1.165, 1.54) is 0 Å². The van der Waals surface area contributed by atoms with Gasteiger partial charge in [-0.3, -0.25) is 9.59 Å². The average Bonchev–Trinajstić information content (AvgIpc) is 3.09. The number of thioether (sulfide) groups is 1. The first-order chi connectivity index (χ1) is 8.11. The second-order valence-electron chi connectivity index (χ2n) is 4.01. The third-order valence-electron chi connectivity index (χ3n) is 2.78. The Morgan fingerprint density at radius 3 is 2.76 bits per heavy atom. The Kier molecular flexibility index (Phi) is 3.38. The van der Waals surface area contributed by atoms with Gasteiger partial charge in [0.2, 0.25) is 5.91 Å². The Hall–Kier alpha value is -1.49. The molecule has 2 rings (SSSR count). The Morgan fingerprint density at radius 2 is 2.18 bits per heavy atom. The molecule has 1 saturated carbocycles. The molecule has 0 unspecified atom stereocenters. The molecule has 17 heavy (non-hydrogen) atoms. The summed E-state index contributed by atoms with van der Waals surface area (Å²) in [7, 11) is 0. The minimum absolute atomic E-state index is 0.198. The monoisotopic (exact) mass is 251 g/mol. The van der Waals surface area contributed by atoms with Crippen LogP contribution in [0.25, 0.3) is 0 Å². The molecule has 0 radical (unpaired) electrons. The number of carboxylic acids is 1. The number of aliphatic carboxylic acids is 1. The van der Waals surface area contributed by atoms with E-state index in [0.717, 1.165) is 10.6 Å². The summed E-state index contributed by atoms with van der Waals surface area (Å²) in [6.07, 6.45) is 2.41. The van der Waals surface area contributed by atoms with Gasteiger partial charge >= 0.3 is 5.97 Å². The van der Waals surface area contributed by atoms with Crippen LogP contribution >= 0.6 is 11.8 Å². The first-order valence-corrected chi connectivity index (χ1v) is 6.52. The maximum absolute atomic E-state index is 11.7. The van der Waals surface area contributed by atoms with E-state index in [-0.39, 0.29) is 11.8 Å². The molecular weight excluding hydrogens is 238 g/mol. The van der Waals surface area contributed by atoms with Gasteiger partial charge in [-0.25, -0.2) is 0 Å². The van der Waals surface area contributed by atoms with Crippen molar-refractivity contribution < 1.29 is 14.7 Å². The minimum Gasteiger partial charge on any atom is -0.481 e. The van der Waals surface area contributed by atoms with Crippen molar-refractivity contribution in [1.82, 2.24) is 0 Å². The molecule has 0 bridgehead atoms. The third kappa shape index (κ3) is 2.79. The van der Waals surface area contributed by atoms with Crippen LogP contribution in [0.1, 0.15) is 6.42 Å². The number of carboxylic acid groups (broad SMARTS) is 1. The van der Waals surface area contributed by atoms with Crippen LogP contribution in [0.2, 0.25) is 0 Å². The molecular formula is C12H13NO3S. The zero-order chi connectivity index (χ0) is 12.4. The van der Waals surface area contributed by atoms with Crippen molar-refractivity contribution in [1.29, 1.82) is 0 Å². The topological polar surface area (TPSA) is 66.4 Å². The average molecular weight is 251 g/mol. The summed E-state index contributed by atoms with van der Waals surface area (Å²) in [6.45, 7) is 0. The first-order valence-electron chi connectivity index (χ1n) is 5.29. The fourth-order valence-corrected chi connectivity index (χ4v) is 2.15. The lowest BCUT2D eigenvalue weighted by Gasteiger charge is -2.05. The molecule has 0 aromatic heterocycles. The molecule has 2 atom stereocenters. The maximum Gasteiger partial charge on any atom is 0.307 e. The summed E-state index contributed by atoms with van der Waals surface area (Å²) in [5, 5.41) is 11.5. The van der Waals surface area contributed by atoms with Crippen molar-refractivity contribution in [2.75, 3.05) is 11.6 Å². The third-order valence-corrected chi connectivity index (χ3v) is 3.51. The van der Waals surface area contributed by atoms with Crippen molar-refractivity contribution in [3.05, 3.63) is 24.3 Å². The quantitative estimate of drug-likeness (QED) is 0.804. The van der Waals surface area contributed by atoms with E-state index in [4.69, 9.17) is 5.11 Å². The van der Waals surface area contributed by atoms with Gasteiger partial charge in [0.1, 0.15) is 0 Å². The highest BCUT2D eigenvalue weighted by atomic mass is 32.2. The summed E-state index contributed by atoms with van der Waals surface area (Å²) < 4.78 is 0. The summed E-state index contributed by atoms with van der Waals surface area (Å²) in [5.74, 6) is -1.96. The van der Waals surface area contributed by atoms with Gasteiger partial charge in [0.15, 0.2) is 0 Å². The molecule has 90 valence electrons. The van der Waals surface area contributed by atoms with Gasteiger partial charge in [-0.1, -0.05) is 6.07 Å². The number of benzene rings is 1. The zero-order valence-corrected chi connectivity index (χ0v) is 10.2. The van der Waals surface area contributed by atoms with Crippen molar-refractivity contribution >= 4 is 29.3 Å². The van der Waals surface area contributed by atoms with Crippen LogP contribution in [-0.4, -0.2) is 23.2 Å². The molecule has 1 aromatic rings. The highest BCUT2D eigenvalue weighted by Crippen LogP contribution is 2.39. The highest BCUT2D eigenvalue weighted by molar-refractivity contribution is 7.98. The summed E-state index contributed by atoms with van der Waals surface area (Å²) >= 11 is 1.59. The van der Waals surface area contributed by atoms with Crippen LogP contribution in [0, 0.1) is 11.8 Å². The SMILES string of the molecule is CSc1cccc(NC(=O)[C@@H]2C[C@@H]2C(=O)O)c1. The Balaban J connectivity index is 1.97. The second-order valence-corrected chi connectivity index (χ2v) is 4.89. The van der Waals surface area contributed by atoms with Gasteiger partial charge in [-0.2, -0.15) is 0 Å². The number of hydrogen-bond donors (Lipinski definition) is 2. The Labute approximate surface area is 103 Å². The van der Waals surface area contributed by atoms with Gasteiger partial charge in [-0.15, -0.1) is 11.8 Å². The van der Waals surface area contributed by atoms with E-state index in [1.807, 2.05) is 24.5 Å².